The van der Waals surface area contributed by atoms with Gasteiger partial charge in [-0.25, -0.2) is 4.98 Å². The van der Waals surface area contributed by atoms with Crippen LogP contribution >= 0.6 is 11.6 Å². The van der Waals surface area contributed by atoms with Gasteiger partial charge in [-0.3, -0.25) is 0 Å². The zero-order chi connectivity index (χ0) is 19.7. The highest BCUT2D eigenvalue weighted by Crippen LogP contribution is 2.32. The van der Waals surface area contributed by atoms with Crippen LogP contribution in [0.25, 0.3) is 28.0 Å². The molecule has 0 aliphatic heterocycles. The lowest BCUT2D eigenvalue weighted by atomic mass is 10.1. The summed E-state index contributed by atoms with van der Waals surface area (Å²) in [6, 6.07) is 20.5. The topological polar surface area (TPSA) is 42.2 Å². The third kappa shape index (κ3) is 3.48. The average molecular weight is 391 g/mol. The van der Waals surface area contributed by atoms with Crippen molar-refractivity contribution >= 4 is 23.1 Å². The lowest BCUT2D eigenvalue weighted by molar-refractivity contribution is 0.748. The van der Waals surface area contributed by atoms with Gasteiger partial charge < -0.3 is 5.32 Å². The summed E-state index contributed by atoms with van der Waals surface area (Å²) >= 11 is 6.09. The van der Waals surface area contributed by atoms with Gasteiger partial charge in [-0.05, 0) is 38.0 Å². The Hall–Kier alpha value is -2.85. The summed E-state index contributed by atoms with van der Waals surface area (Å²) in [6.07, 6.45) is 1.02. The summed E-state index contributed by atoms with van der Waals surface area (Å²) in [6.45, 7) is 6.36. The number of aromatic nitrogens is 3. The van der Waals surface area contributed by atoms with Crippen molar-refractivity contribution in [2.24, 2.45) is 0 Å². The second-order valence-electron chi connectivity index (χ2n) is 7.05. The summed E-state index contributed by atoms with van der Waals surface area (Å²) < 4.78 is 1.91. The van der Waals surface area contributed by atoms with Gasteiger partial charge in [0.2, 0.25) is 0 Å². The molecule has 2 heterocycles. The fourth-order valence-electron chi connectivity index (χ4n) is 3.29. The number of nitrogens with one attached hydrogen (secondary N) is 1. The van der Waals surface area contributed by atoms with Crippen LogP contribution in [0.1, 0.15) is 26.0 Å². The van der Waals surface area contributed by atoms with Gasteiger partial charge in [0, 0.05) is 28.3 Å². The van der Waals surface area contributed by atoms with Gasteiger partial charge in [-0.15, -0.1) is 0 Å². The summed E-state index contributed by atoms with van der Waals surface area (Å²) in [5.41, 5.74) is 5.87. The van der Waals surface area contributed by atoms with Crippen LogP contribution in [-0.4, -0.2) is 20.6 Å². The molecule has 0 spiro atoms. The second kappa shape index (κ2) is 7.64. The highest BCUT2D eigenvalue weighted by molar-refractivity contribution is 6.30. The number of fused-ring (bicyclic) bond motifs is 1. The fraction of sp³-hybridized carbons (Fsp3) is 0.217. The fourth-order valence-corrected chi connectivity index (χ4v) is 3.42. The normalized spacial score (nSPS) is 12.3. The number of halogens is 1. The van der Waals surface area contributed by atoms with Crippen LogP contribution in [-0.2, 0) is 0 Å². The molecule has 5 heteroatoms. The van der Waals surface area contributed by atoms with E-state index in [0.29, 0.717) is 6.04 Å². The van der Waals surface area contributed by atoms with E-state index in [-0.39, 0.29) is 0 Å². The van der Waals surface area contributed by atoms with Crippen LogP contribution in [0.2, 0.25) is 5.02 Å². The van der Waals surface area contributed by atoms with Crippen molar-refractivity contribution < 1.29 is 0 Å². The molecule has 2 aromatic heterocycles. The lowest BCUT2D eigenvalue weighted by Gasteiger charge is -2.15. The molecule has 0 saturated heterocycles. The van der Waals surface area contributed by atoms with E-state index in [1.165, 1.54) is 0 Å². The van der Waals surface area contributed by atoms with E-state index in [9.17, 15) is 0 Å². The van der Waals surface area contributed by atoms with Crippen LogP contribution in [0.5, 0.6) is 0 Å². The Morgan fingerprint density at radius 3 is 2.43 bits per heavy atom. The smallest absolute Gasteiger partial charge is 0.166 e. The van der Waals surface area contributed by atoms with Crippen LogP contribution in [0, 0.1) is 6.92 Å². The molecular weight excluding hydrogens is 368 g/mol. The maximum Gasteiger partial charge on any atom is 0.166 e. The number of hydrogen-bond donors (Lipinski definition) is 1. The van der Waals surface area contributed by atoms with Gasteiger partial charge in [0.15, 0.2) is 5.65 Å². The monoisotopic (exact) mass is 390 g/mol. The molecule has 4 rings (SSSR count). The van der Waals surface area contributed by atoms with Crippen molar-refractivity contribution in [3.63, 3.8) is 0 Å². The molecule has 0 aliphatic rings. The van der Waals surface area contributed by atoms with E-state index in [1.807, 2.05) is 53.9 Å². The number of benzene rings is 2. The first-order valence-corrected chi connectivity index (χ1v) is 9.93. The van der Waals surface area contributed by atoms with Crippen LogP contribution < -0.4 is 5.32 Å². The van der Waals surface area contributed by atoms with E-state index < -0.39 is 0 Å². The molecule has 28 heavy (non-hydrogen) atoms. The van der Waals surface area contributed by atoms with Crippen molar-refractivity contribution in [1.82, 2.24) is 14.6 Å². The minimum atomic E-state index is 0.331. The highest BCUT2D eigenvalue weighted by Gasteiger charge is 2.18. The first kappa shape index (κ1) is 18.5. The SMILES string of the molecule is CCC(C)Nc1cc(-c2ccccc2)nc2c(-c3ccc(Cl)cc3)c(C)nn12. The Morgan fingerprint density at radius 1 is 1.04 bits per heavy atom. The van der Waals surface area contributed by atoms with Crippen molar-refractivity contribution in [3.8, 4) is 22.4 Å². The number of rotatable bonds is 5. The van der Waals surface area contributed by atoms with Crippen molar-refractivity contribution in [2.75, 3.05) is 5.32 Å². The Labute approximate surface area is 170 Å². The van der Waals surface area contributed by atoms with Gasteiger partial charge in [0.05, 0.1) is 11.4 Å². The lowest BCUT2D eigenvalue weighted by Crippen LogP contribution is -2.16. The van der Waals surface area contributed by atoms with E-state index in [1.54, 1.807) is 0 Å². The zero-order valence-electron chi connectivity index (χ0n) is 16.3. The average Bonchev–Trinajstić information content (AvgIpc) is 3.05. The Morgan fingerprint density at radius 2 is 1.75 bits per heavy atom. The maximum atomic E-state index is 6.09. The van der Waals surface area contributed by atoms with Crippen molar-refractivity contribution in [2.45, 2.75) is 33.2 Å². The van der Waals surface area contributed by atoms with Crippen molar-refractivity contribution in [1.29, 1.82) is 0 Å². The molecule has 2 aromatic carbocycles. The molecule has 1 unspecified atom stereocenters. The number of aryl methyl sites for hydroxylation is 1. The van der Waals surface area contributed by atoms with Gasteiger partial charge in [0.1, 0.15) is 5.82 Å². The molecule has 0 fully saturated rings. The molecule has 0 aliphatic carbocycles. The Kier molecular flexibility index (Phi) is 5.05. The molecule has 0 amide bonds. The minimum Gasteiger partial charge on any atom is -0.367 e. The Balaban J connectivity index is 1.97. The molecule has 0 bridgehead atoms. The van der Waals surface area contributed by atoms with Crippen LogP contribution in [0.3, 0.4) is 0 Å². The van der Waals surface area contributed by atoms with E-state index >= 15 is 0 Å². The summed E-state index contributed by atoms with van der Waals surface area (Å²) in [7, 11) is 0. The predicted molar refractivity (Wildman–Crippen MR) is 117 cm³/mol. The number of anilines is 1. The third-order valence-electron chi connectivity index (χ3n) is 4.97. The summed E-state index contributed by atoms with van der Waals surface area (Å²) in [5, 5.41) is 9.10. The van der Waals surface area contributed by atoms with E-state index in [2.05, 4.69) is 37.4 Å². The molecule has 4 nitrogen and oxygen atoms in total. The minimum absolute atomic E-state index is 0.331. The first-order chi connectivity index (χ1) is 13.6. The molecule has 0 radical (unpaired) electrons. The quantitative estimate of drug-likeness (QED) is 0.438. The largest absolute Gasteiger partial charge is 0.367 e. The van der Waals surface area contributed by atoms with Gasteiger partial charge in [0.25, 0.3) is 0 Å². The number of nitrogens with zero attached hydrogens (tertiary/aromatic N) is 3. The van der Waals surface area contributed by atoms with Gasteiger partial charge in [-0.2, -0.15) is 9.61 Å². The molecule has 1 atom stereocenters. The first-order valence-electron chi connectivity index (χ1n) is 9.55. The van der Waals surface area contributed by atoms with Gasteiger partial charge in [-0.1, -0.05) is 61.0 Å². The van der Waals surface area contributed by atoms with E-state index in [4.69, 9.17) is 21.7 Å². The second-order valence-corrected chi connectivity index (χ2v) is 7.49. The van der Waals surface area contributed by atoms with E-state index in [0.717, 1.165) is 51.0 Å². The highest BCUT2D eigenvalue weighted by atomic mass is 35.5. The van der Waals surface area contributed by atoms with Crippen LogP contribution in [0.15, 0.2) is 60.7 Å². The summed E-state index contributed by atoms with van der Waals surface area (Å²) in [5.74, 6) is 0.946. The Bertz CT molecular complexity index is 1100. The zero-order valence-corrected chi connectivity index (χ0v) is 17.0. The van der Waals surface area contributed by atoms with Gasteiger partial charge >= 0.3 is 0 Å². The molecule has 1 N–H and O–H groups in total. The summed E-state index contributed by atoms with van der Waals surface area (Å²) in [4.78, 5) is 4.99. The molecule has 4 aromatic rings. The number of hydrogen-bond acceptors (Lipinski definition) is 3. The predicted octanol–water partition coefficient (Wildman–Crippen LogP) is 6.24. The maximum absolute atomic E-state index is 6.09. The van der Waals surface area contributed by atoms with Crippen molar-refractivity contribution in [3.05, 3.63) is 71.4 Å². The molecule has 0 saturated carbocycles. The standard InChI is InChI=1S/C23H23ClN4/c1-4-15(2)25-21-14-20(17-8-6-5-7-9-17)26-23-22(16(3)27-28(21)23)18-10-12-19(24)13-11-18/h5-15,25H,4H2,1-3H3. The molecule has 142 valence electrons. The third-order valence-corrected chi connectivity index (χ3v) is 5.23. The molecular formula is C23H23ClN4. The van der Waals surface area contributed by atoms with Crippen LogP contribution in [0.4, 0.5) is 5.82 Å².